The molecule has 2 N–H and O–H groups in total. The van der Waals surface area contributed by atoms with Crippen molar-refractivity contribution in [1.29, 1.82) is 0 Å². The maximum Gasteiger partial charge on any atom is 0.125 e. The van der Waals surface area contributed by atoms with Crippen molar-refractivity contribution in [3.05, 3.63) is 35.9 Å². The Morgan fingerprint density at radius 1 is 1.38 bits per heavy atom. The number of nitrogens with two attached hydrogens (primary N) is 1. The van der Waals surface area contributed by atoms with Crippen molar-refractivity contribution in [2.45, 2.75) is 26.1 Å². The molecule has 0 spiro atoms. The lowest BCUT2D eigenvalue weighted by atomic mass is 10.0. The molecule has 2 atom stereocenters. The molecule has 0 saturated carbocycles. The molecule has 0 amide bonds. The van der Waals surface area contributed by atoms with Gasteiger partial charge in [0.15, 0.2) is 0 Å². The van der Waals surface area contributed by atoms with Crippen LogP contribution in [-0.4, -0.2) is 18.9 Å². The molecule has 0 aromatic heterocycles. The lowest BCUT2D eigenvalue weighted by Gasteiger charge is -2.19. The minimum Gasteiger partial charge on any atom is -0.373 e. The quantitative estimate of drug-likeness (QED) is 0.714. The summed E-state index contributed by atoms with van der Waals surface area (Å²) in [6.07, 6.45) is 1.56. The summed E-state index contributed by atoms with van der Waals surface area (Å²) >= 11 is 0. The Kier molecular flexibility index (Phi) is 5.75. The van der Waals surface area contributed by atoms with E-state index in [-0.39, 0.29) is 12.0 Å². The lowest BCUT2D eigenvalue weighted by Crippen LogP contribution is -2.26. The van der Waals surface area contributed by atoms with Crippen LogP contribution in [0.15, 0.2) is 30.3 Å². The van der Waals surface area contributed by atoms with E-state index in [9.17, 15) is 4.79 Å². The normalized spacial score (nSPS) is 14.4. The van der Waals surface area contributed by atoms with Crippen LogP contribution in [0.4, 0.5) is 0 Å². The summed E-state index contributed by atoms with van der Waals surface area (Å²) in [4.78, 5) is 10.7. The SMILES string of the molecule is CC(C=O)[C@@H](CCN)OCc1ccccc1. The highest BCUT2D eigenvalue weighted by atomic mass is 16.5. The van der Waals surface area contributed by atoms with E-state index < -0.39 is 0 Å². The van der Waals surface area contributed by atoms with E-state index in [1.165, 1.54) is 0 Å². The second kappa shape index (κ2) is 7.14. The third-order valence-corrected chi connectivity index (χ3v) is 2.56. The number of hydrogen-bond donors (Lipinski definition) is 1. The van der Waals surface area contributed by atoms with Crippen molar-refractivity contribution in [3.63, 3.8) is 0 Å². The van der Waals surface area contributed by atoms with Gasteiger partial charge in [-0.2, -0.15) is 0 Å². The van der Waals surface area contributed by atoms with Crippen LogP contribution in [0.5, 0.6) is 0 Å². The highest BCUT2D eigenvalue weighted by Crippen LogP contribution is 2.12. The Bertz CT molecular complexity index is 300. The first-order valence-corrected chi connectivity index (χ1v) is 5.58. The third-order valence-electron chi connectivity index (χ3n) is 2.56. The van der Waals surface area contributed by atoms with Crippen LogP contribution in [0.3, 0.4) is 0 Å². The van der Waals surface area contributed by atoms with Crippen LogP contribution in [0.2, 0.25) is 0 Å². The molecule has 0 fully saturated rings. The van der Waals surface area contributed by atoms with Crippen LogP contribution in [0, 0.1) is 5.92 Å². The van der Waals surface area contributed by atoms with E-state index in [0.29, 0.717) is 19.6 Å². The summed E-state index contributed by atoms with van der Waals surface area (Å²) < 4.78 is 5.71. The van der Waals surface area contributed by atoms with Gasteiger partial charge in [-0.05, 0) is 18.5 Å². The molecule has 0 radical (unpaired) electrons. The molecule has 3 heteroatoms. The van der Waals surface area contributed by atoms with E-state index >= 15 is 0 Å². The average Bonchev–Trinajstić information content (AvgIpc) is 2.34. The predicted octanol–water partition coefficient (Wildman–Crippen LogP) is 1.76. The molecule has 0 bridgehead atoms. The largest absolute Gasteiger partial charge is 0.373 e. The summed E-state index contributed by atoms with van der Waals surface area (Å²) in [7, 11) is 0. The standard InChI is InChI=1S/C13H19NO2/c1-11(9-15)13(7-8-14)16-10-12-5-3-2-4-6-12/h2-6,9,11,13H,7-8,10,14H2,1H3/t11?,13-/m1/s1. The predicted molar refractivity (Wildman–Crippen MR) is 63.9 cm³/mol. The molecule has 1 unspecified atom stereocenters. The summed E-state index contributed by atoms with van der Waals surface area (Å²) in [5.41, 5.74) is 6.61. The van der Waals surface area contributed by atoms with Crippen molar-refractivity contribution in [2.24, 2.45) is 11.7 Å². The Morgan fingerprint density at radius 2 is 2.06 bits per heavy atom. The van der Waals surface area contributed by atoms with Gasteiger partial charge in [-0.25, -0.2) is 0 Å². The second-order valence-electron chi connectivity index (χ2n) is 3.91. The zero-order valence-electron chi connectivity index (χ0n) is 9.63. The molecular weight excluding hydrogens is 202 g/mol. The molecule has 0 heterocycles. The van der Waals surface area contributed by atoms with Crippen molar-refractivity contribution < 1.29 is 9.53 Å². The highest BCUT2D eigenvalue weighted by molar-refractivity contribution is 5.53. The fourth-order valence-corrected chi connectivity index (χ4v) is 1.53. The van der Waals surface area contributed by atoms with Gasteiger partial charge in [0.05, 0.1) is 12.7 Å². The Balaban J connectivity index is 2.46. The third kappa shape index (κ3) is 4.13. The molecule has 0 saturated heterocycles. The fraction of sp³-hybridized carbons (Fsp3) is 0.462. The van der Waals surface area contributed by atoms with Gasteiger partial charge in [-0.1, -0.05) is 37.3 Å². The van der Waals surface area contributed by atoms with Gasteiger partial charge in [-0.15, -0.1) is 0 Å². The number of carbonyl (C=O) groups is 1. The first-order chi connectivity index (χ1) is 7.77. The van der Waals surface area contributed by atoms with Crippen molar-refractivity contribution in [2.75, 3.05) is 6.54 Å². The lowest BCUT2D eigenvalue weighted by molar-refractivity contribution is -0.115. The molecule has 0 aliphatic rings. The number of benzene rings is 1. The van der Waals surface area contributed by atoms with Crippen molar-refractivity contribution >= 4 is 6.29 Å². The molecule has 1 aromatic carbocycles. The van der Waals surface area contributed by atoms with Gasteiger partial charge in [0.2, 0.25) is 0 Å². The number of hydrogen-bond acceptors (Lipinski definition) is 3. The smallest absolute Gasteiger partial charge is 0.125 e. The van der Waals surface area contributed by atoms with Gasteiger partial charge in [0.1, 0.15) is 6.29 Å². The van der Waals surface area contributed by atoms with Gasteiger partial charge < -0.3 is 15.3 Å². The fourth-order valence-electron chi connectivity index (χ4n) is 1.53. The Labute approximate surface area is 96.6 Å². The zero-order valence-corrected chi connectivity index (χ0v) is 9.63. The van der Waals surface area contributed by atoms with Crippen LogP contribution >= 0.6 is 0 Å². The molecule has 16 heavy (non-hydrogen) atoms. The van der Waals surface area contributed by atoms with Crippen molar-refractivity contribution in [3.8, 4) is 0 Å². The van der Waals surface area contributed by atoms with Gasteiger partial charge >= 0.3 is 0 Å². The first kappa shape index (κ1) is 12.9. The summed E-state index contributed by atoms with van der Waals surface area (Å²) in [6, 6.07) is 9.92. The molecule has 0 aliphatic carbocycles. The van der Waals surface area contributed by atoms with Crippen LogP contribution in [0.1, 0.15) is 18.9 Å². The number of ether oxygens (including phenoxy) is 1. The zero-order chi connectivity index (χ0) is 11.8. The van der Waals surface area contributed by atoms with Crippen LogP contribution in [-0.2, 0) is 16.1 Å². The van der Waals surface area contributed by atoms with E-state index in [2.05, 4.69) is 0 Å². The molecular formula is C13H19NO2. The highest BCUT2D eigenvalue weighted by Gasteiger charge is 2.16. The minimum absolute atomic E-state index is 0.0808. The first-order valence-electron chi connectivity index (χ1n) is 5.58. The topological polar surface area (TPSA) is 52.3 Å². The summed E-state index contributed by atoms with van der Waals surface area (Å²) in [5.74, 6) is -0.104. The minimum atomic E-state index is -0.104. The average molecular weight is 221 g/mol. The van der Waals surface area contributed by atoms with Crippen molar-refractivity contribution in [1.82, 2.24) is 0 Å². The van der Waals surface area contributed by atoms with Gasteiger partial charge in [0.25, 0.3) is 0 Å². The van der Waals surface area contributed by atoms with E-state index in [4.69, 9.17) is 10.5 Å². The maximum absolute atomic E-state index is 10.7. The van der Waals surface area contributed by atoms with E-state index in [1.807, 2.05) is 37.3 Å². The molecule has 3 nitrogen and oxygen atoms in total. The van der Waals surface area contributed by atoms with E-state index in [1.54, 1.807) is 0 Å². The molecule has 88 valence electrons. The number of aldehydes is 1. The second-order valence-corrected chi connectivity index (χ2v) is 3.91. The van der Waals surface area contributed by atoms with Crippen LogP contribution < -0.4 is 5.73 Å². The molecule has 1 aromatic rings. The summed E-state index contributed by atoms with van der Waals surface area (Å²) in [5, 5.41) is 0. The summed E-state index contributed by atoms with van der Waals surface area (Å²) in [6.45, 7) is 2.93. The molecule has 1 rings (SSSR count). The Morgan fingerprint density at radius 3 is 2.62 bits per heavy atom. The monoisotopic (exact) mass is 221 g/mol. The number of carbonyl (C=O) groups excluding carboxylic acids is 1. The maximum atomic E-state index is 10.7. The van der Waals surface area contributed by atoms with Crippen LogP contribution in [0.25, 0.3) is 0 Å². The number of rotatable bonds is 7. The van der Waals surface area contributed by atoms with Gasteiger partial charge in [0, 0.05) is 5.92 Å². The molecule has 0 aliphatic heterocycles. The van der Waals surface area contributed by atoms with Gasteiger partial charge in [-0.3, -0.25) is 0 Å². The Hall–Kier alpha value is -1.19. The van der Waals surface area contributed by atoms with E-state index in [0.717, 1.165) is 11.8 Å².